The Morgan fingerprint density at radius 2 is 2.06 bits per heavy atom. The van der Waals surface area contributed by atoms with Gasteiger partial charge in [0, 0.05) is 11.4 Å². The molecule has 16 heavy (non-hydrogen) atoms. The van der Waals surface area contributed by atoms with Crippen LogP contribution in [0.4, 0.5) is 0 Å². The molecule has 1 aromatic heterocycles. The summed E-state index contributed by atoms with van der Waals surface area (Å²) in [7, 11) is 0. The van der Waals surface area contributed by atoms with Crippen LogP contribution in [0, 0.1) is 12.8 Å². The minimum Gasteiger partial charge on any atom is -0.316 e. The molecular formula is C12H23N3S. The second-order valence-electron chi connectivity index (χ2n) is 4.49. The van der Waals surface area contributed by atoms with Gasteiger partial charge in [-0.15, -0.1) is 11.3 Å². The van der Waals surface area contributed by atoms with E-state index in [9.17, 15) is 0 Å². The van der Waals surface area contributed by atoms with Crippen LogP contribution in [0.25, 0.3) is 0 Å². The van der Waals surface area contributed by atoms with E-state index in [1.54, 1.807) is 11.3 Å². The van der Waals surface area contributed by atoms with Gasteiger partial charge in [0.2, 0.25) is 0 Å². The Balaban J connectivity index is 1.94. The number of nitrogens with one attached hydrogen (secondary N) is 2. The van der Waals surface area contributed by atoms with Crippen molar-refractivity contribution in [2.75, 3.05) is 19.6 Å². The molecule has 0 saturated carbocycles. The number of hydrogen-bond acceptors (Lipinski definition) is 4. The van der Waals surface area contributed by atoms with Crippen molar-refractivity contribution in [1.29, 1.82) is 0 Å². The number of hydrogen-bond donors (Lipinski definition) is 2. The molecule has 1 heterocycles. The third kappa shape index (κ3) is 5.58. The van der Waals surface area contributed by atoms with Crippen LogP contribution in [0.2, 0.25) is 0 Å². The summed E-state index contributed by atoms with van der Waals surface area (Å²) in [6, 6.07) is 0. The Morgan fingerprint density at radius 3 is 2.69 bits per heavy atom. The first kappa shape index (κ1) is 13.6. The number of thiazole rings is 1. The Bertz CT molecular complexity index is 284. The van der Waals surface area contributed by atoms with Crippen LogP contribution < -0.4 is 10.6 Å². The molecule has 1 aromatic rings. The van der Waals surface area contributed by atoms with Gasteiger partial charge < -0.3 is 10.6 Å². The molecule has 0 amide bonds. The first-order valence-corrected chi connectivity index (χ1v) is 6.88. The molecule has 0 aliphatic rings. The molecule has 0 spiro atoms. The second-order valence-corrected chi connectivity index (χ2v) is 5.43. The average Bonchev–Trinajstić information content (AvgIpc) is 2.62. The van der Waals surface area contributed by atoms with Gasteiger partial charge in [-0.05, 0) is 38.9 Å². The minimum absolute atomic E-state index is 0.743. The molecule has 0 saturated heterocycles. The van der Waals surface area contributed by atoms with Crippen molar-refractivity contribution in [2.45, 2.75) is 33.7 Å². The zero-order chi connectivity index (χ0) is 11.8. The summed E-state index contributed by atoms with van der Waals surface area (Å²) in [4.78, 5) is 5.59. The van der Waals surface area contributed by atoms with Crippen molar-refractivity contribution in [1.82, 2.24) is 15.6 Å². The van der Waals surface area contributed by atoms with E-state index >= 15 is 0 Å². The lowest BCUT2D eigenvalue weighted by Gasteiger charge is -2.07. The number of aromatic nitrogens is 1. The van der Waals surface area contributed by atoms with E-state index in [0.717, 1.165) is 37.8 Å². The SMILES string of the molecule is Cc1ncsc1CNCCCNCC(C)C. The number of aryl methyl sites for hydroxylation is 1. The van der Waals surface area contributed by atoms with Gasteiger partial charge in [0.15, 0.2) is 0 Å². The van der Waals surface area contributed by atoms with Crippen molar-refractivity contribution in [3.05, 3.63) is 16.1 Å². The Labute approximate surface area is 103 Å². The Kier molecular flexibility index (Phi) is 6.61. The van der Waals surface area contributed by atoms with Crippen LogP contribution in [0.1, 0.15) is 30.8 Å². The molecule has 0 aliphatic heterocycles. The maximum Gasteiger partial charge on any atom is 0.0798 e. The highest BCUT2D eigenvalue weighted by Crippen LogP contribution is 2.10. The molecule has 4 heteroatoms. The van der Waals surface area contributed by atoms with Crippen LogP contribution in [-0.2, 0) is 6.54 Å². The summed E-state index contributed by atoms with van der Waals surface area (Å²) >= 11 is 1.73. The van der Waals surface area contributed by atoms with E-state index in [1.807, 2.05) is 5.51 Å². The van der Waals surface area contributed by atoms with Gasteiger partial charge in [-0.2, -0.15) is 0 Å². The molecule has 1 rings (SSSR count). The highest BCUT2D eigenvalue weighted by atomic mass is 32.1. The smallest absolute Gasteiger partial charge is 0.0798 e. The number of nitrogens with zero attached hydrogens (tertiary/aromatic N) is 1. The van der Waals surface area contributed by atoms with Crippen molar-refractivity contribution in [3.8, 4) is 0 Å². The van der Waals surface area contributed by atoms with Crippen LogP contribution in [-0.4, -0.2) is 24.6 Å². The van der Waals surface area contributed by atoms with Crippen molar-refractivity contribution in [3.63, 3.8) is 0 Å². The molecular weight excluding hydrogens is 218 g/mol. The van der Waals surface area contributed by atoms with Crippen molar-refractivity contribution >= 4 is 11.3 Å². The summed E-state index contributed by atoms with van der Waals surface area (Å²) in [5.74, 6) is 0.743. The summed E-state index contributed by atoms with van der Waals surface area (Å²) in [6.45, 7) is 10.8. The standard InChI is InChI=1S/C12H23N3S/c1-10(2)7-13-5-4-6-14-8-12-11(3)15-9-16-12/h9-10,13-14H,4-8H2,1-3H3. The Morgan fingerprint density at radius 1 is 1.31 bits per heavy atom. The zero-order valence-electron chi connectivity index (χ0n) is 10.5. The van der Waals surface area contributed by atoms with E-state index in [-0.39, 0.29) is 0 Å². The summed E-state index contributed by atoms with van der Waals surface area (Å²) in [6.07, 6.45) is 1.19. The van der Waals surface area contributed by atoms with Crippen LogP contribution in [0.15, 0.2) is 5.51 Å². The maximum absolute atomic E-state index is 4.23. The summed E-state index contributed by atoms with van der Waals surface area (Å²) in [5.41, 5.74) is 3.08. The van der Waals surface area contributed by atoms with Gasteiger partial charge in [-0.3, -0.25) is 0 Å². The third-order valence-electron chi connectivity index (χ3n) is 2.39. The molecule has 92 valence electrons. The first-order valence-electron chi connectivity index (χ1n) is 6.00. The molecule has 0 radical (unpaired) electrons. The lowest BCUT2D eigenvalue weighted by Crippen LogP contribution is -2.24. The van der Waals surface area contributed by atoms with Crippen molar-refractivity contribution < 1.29 is 0 Å². The third-order valence-corrected chi connectivity index (χ3v) is 3.33. The fourth-order valence-electron chi connectivity index (χ4n) is 1.43. The fraction of sp³-hybridized carbons (Fsp3) is 0.750. The molecule has 0 fully saturated rings. The first-order chi connectivity index (χ1) is 7.70. The second kappa shape index (κ2) is 7.76. The van der Waals surface area contributed by atoms with Gasteiger partial charge >= 0.3 is 0 Å². The molecule has 2 N–H and O–H groups in total. The van der Waals surface area contributed by atoms with Gasteiger partial charge in [0.1, 0.15) is 0 Å². The van der Waals surface area contributed by atoms with E-state index < -0.39 is 0 Å². The molecule has 0 aliphatic carbocycles. The average molecular weight is 241 g/mol. The van der Waals surface area contributed by atoms with Crippen molar-refractivity contribution in [2.24, 2.45) is 5.92 Å². The topological polar surface area (TPSA) is 37.0 Å². The zero-order valence-corrected chi connectivity index (χ0v) is 11.4. The predicted octanol–water partition coefficient (Wildman–Crippen LogP) is 2.18. The predicted molar refractivity (Wildman–Crippen MR) is 70.9 cm³/mol. The van der Waals surface area contributed by atoms with Crippen LogP contribution >= 0.6 is 11.3 Å². The largest absolute Gasteiger partial charge is 0.316 e. The van der Waals surface area contributed by atoms with Gasteiger partial charge in [-0.25, -0.2) is 4.98 Å². The van der Waals surface area contributed by atoms with E-state index in [4.69, 9.17) is 0 Å². The number of rotatable bonds is 8. The van der Waals surface area contributed by atoms with Gasteiger partial charge in [0.05, 0.1) is 11.2 Å². The highest BCUT2D eigenvalue weighted by molar-refractivity contribution is 7.09. The van der Waals surface area contributed by atoms with E-state index in [0.29, 0.717) is 0 Å². The summed E-state index contributed by atoms with van der Waals surface area (Å²) in [5, 5.41) is 6.89. The lowest BCUT2D eigenvalue weighted by atomic mass is 10.2. The molecule has 3 nitrogen and oxygen atoms in total. The van der Waals surface area contributed by atoms with E-state index in [1.165, 1.54) is 11.3 Å². The van der Waals surface area contributed by atoms with Crippen LogP contribution in [0.3, 0.4) is 0 Å². The van der Waals surface area contributed by atoms with Gasteiger partial charge in [-0.1, -0.05) is 13.8 Å². The Hall–Kier alpha value is -0.450. The summed E-state index contributed by atoms with van der Waals surface area (Å²) < 4.78 is 0. The molecule has 0 aromatic carbocycles. The molecule has 0 unspecified atom stereocenters. The van der Waals surface area contributed by atoms with E-state index in [2.05, 4.69) is 36.4 Å². The lowest BCUT2D eigenvalue weighted by molar-refractivity contribution is 0.530. The van der Waals surface area contributed by atoms with Gasteiger partial charge in [0.25, 0.3) is 0 Å². The van der Waals surface area contributed by atoms with Crippen LogP contribution in [0.5, 0.6) is 0 Å². The monoisotopic (exact) mass is 241 g/mol. The normalized spacial score (nSPS) is 11.2. The maximum atomic E-state index is 4.23. The minimum atomic E-state index is 0.743. The molecule has 0 atom stereocenters. The highest BCUT2D eigenvalue weighted by Gasteiger charge is 1.99. The quantitative estimate of drug-likeness (QED) is 0.685. The fourth-order valence-corrected chi connectivity index (χ4v) is 2.17. The molecule has 0 bridgehead atoms.